The van der Waals surface area contributed by atoms with Gasteiger partial charge in [-0.3, -0.25) is 19.2 Å². The number of fused-ring (bicyclic) bond motifs is 1. The van der Waals surface area contributed by atoms with Gasteiger partial charge in [-0.25, -0.2) is 4.39 Å². The number of allylic oxidation sites excluding steroid dienone is 4. The van der Waals surface area contributed by atoms with Gasteiger partial charge in [0, 0.05) is 43.5 Å². The summed E-state index contributed by atoms with van der Waals surface area (Å²) >= 11 is 0. The molecule has 6 nitrogen and oxygen atoms in total. The molecule has 1 amide bonds. The first-order chi connectivity index (χ1) is 18.5. The molecule has 2 heterocycles. The standard InChI is InChI=1S/C31H29FN4O2/c32-27-10-11-35(20-27)17-22-6-7-23-13-25(14-24(23)12-22)29-15-28(8-9-30(29)37)34-31(38)26-16-33-36(19-26)18-21-4-2-1-3-5-21/h1-8,12,14-16,19,27H,9-11,13,17-18,20H2,(H,34,38)/t27-/m1/s1. The Hall–Kier alpha value is -4.10. The average molecular weight is 509 g/mol. The summed E-state index contributed by atoms with van der Waals surface area (Å²) < 4.78 is 15.3. The Morgan fingerprint density at radius 2 is 1.95 bits per heavy atom. The van der Waals surface area contributed by atoms with Gasteiger partial charge < -0.3 is 5.32 Å². The predicted octanol–water partition coefficient (Wildman–Crippen LogP) is 4.63. The van der Waals surface area contributed by atoms with Crippen LogP contribution in [0.5, 0.6) is 0 Å². The van der Waals surface area contributed by atoms with Gasteiger partial charge in [0.2, 0.25) is 0 Å². The van der Waals surface area contributed by atoms with Gasteiger partial charge in [-0.2, -0.15) is 5.10 Å². The van der Waals surface area contributed by atoms with Crippen molar-refractivity contribution in [3.63, 3.8) is 0 Å². The maximum atomic E-state index is 13.6. The number of nitrogens with one attached hydrogen (secondary N) is 1. The molecule has 1 N–H and O–H groups in total. The minimum absolute atomic E-state index is 0.0454. The third kappa shape index (κ3) is 5.29. The Labute approximate surface area is 221 Å². The number of Topliss-reactive ketones (excluding diaryl/α,β-unsaturated/α-hetero) is 1. The predicted molar refractivity (Wildman–Crippen MR) is 144 cm³/mol. The van der Waals surface area contributed by atoms with E-state index >= 15 is 0 Å². The highest BCUT2D eigenvalue weighted by atomic mass is 19.1. The van der Waals surface area contributed by atoms with Gasteiger partial charge in [0.1, 0.15) is 6.17 Å². The molecule has 1 saturated heterocycles. The second kappa shape index (κ2) is 10.3. The van der Waals surface area contributed by atoms with E-state index in [2.05, 4.69) is 39.6 Å². The van der Waals surface area contributed by atoms with Gasteiger partial charge in [0.25, 0.3) is 5.91 Å². The van der Waals surface area contributed by atoms with Gasteiger partial charge in [0.05, 0.1) is 18.3 Å². The quantitative estimate of drug-likeness (QED) is 0.506. The SMILES string of the molecule is O=C1CC=C(NC(=O)c2cnn(Cc3ccccc3)c2)C=C1C1=Cc2cc(CN3CC[C@@H](F)C3)ccc2C1. The third-order valence-electron chi connectivity index (χ3n) is 7.34. The van der Waals surface area contributed by atoms with E-state index in [1.54, 1.807) is 29.2 Å². The number of ketones is 1. The van der Waals surface area contributed by atoms with Gasteiger partial charge in [-0.05, 0) is 46.7 Å². The van der Waals surface area contributed by atoms with Crippen LogP contribution in [0.1, 0.15) is 45.5 Å². The number of amides is 1. The smallest absolute Gasteiger partial charge is 0.258 e. The molecule has 3 aliphatic rings. The van der Waals surface area contributed by atoms with Crippen molar-refractivity contribution >= 4 is 17.8 Å². The van der Waals surface area contributed by atoms with E-state index in [-0.39, 0.29) is 18.1 Å². The Morgan fingerprint density at radius 3 is 2.76 bits per heavy atom. The lowest BCUT2D eigenvalue weighted by Crippen LogP contribution is -2.24. The van der Waals surface area contributed by atoms with Gasteiger partial charge in [-0.1, -0.05) is 60.7 Å². The van der Waals surface area contributed by atoms with Crippen LogP contribution in [0, 0.1) is 0 Å². The van der Waals surface area contributed by atoms with Crippen molar-refractivity contribution in [2.45, 2.75) is 38.5 Å². The monoisotopic (exact) mass is 508 g/mol. The molecule has 0 unspecified atom stereocenters. The molecule has 2 aromatic carbocycles. The topological polar surface area (TPSA) is 67.2 Å². The van der Waals surface area contributed by atoms with Crippen LogP contribution < -0.4 is 5.32 Å². The van der Waals surface area contributed by atoms with Crippen molar-refractivity contribution in [3.05, 3.63) is 118 Å². The summed E-state index contributed by atoms with van der Waals surface area (Å²) in [6.45, 7) is 2.60. The van der Waals surface area contributed by atoms with Crippen LogP contribution in [-0.2, 0) is 24.3 Å². The second-order valence-electron chi connectivity index (χ2n) is 10.2. The summed E-state index contributed by atoms with van der Waals surface area (Å²) in [4.78, 5) is 27.9. The van der Waals surface area contributed by atoms with Crippen LogP contribution in [0.15, 0.2) is 89.9 Å². The van der Waals surface area contributed by atoms with Crippen molar-refractivity contribution < 1.29 is 14.0 Å². The molecule has 192 valence electrons. The van der Waals surface area contributed by atoms with Crippen molar-refractivity contribution in [3.8, 4) is 0 Å². The fourth-order valence-electron chi connectivity index (χ4n) is 5.35. The number of benzene rings is 2. The molecule has 0 bridgehead atoms. The highest BCUT2D eigenvalue weighted by molar-refractivity contribution is 6.04. The zero-order chi connectivity index (χ0) is 26.1. The summed E-state index contributed by atoms with van der Waals surface area (Å²) in [5, 5.41) is 7.26. The van der Waals surface area contributed by atoms with Gasteiger partial charge in [-0.15, -0.1) is 0 Å². The summed E-state index contributed by atoms with van der Waals surface area (Å²) in [6.07, 6.45) is 9.69. The molecule has 0 spiro atoms. The van der Waals surface area contributed by atoms with E-state index in [1.807, 2.05) is 30.3 Å². The van der Waals surface area contributed by atoms with E-state index in [1.165, 1.54) is 5.56 Å². The Morgan fingerprint density at radius 1 is 1.08 bits per heavy atom. The van der Waals surface area contributed by atoms with Gasteiger partial charge in [0.15, 0.2) is 5.78 Å². The van der Waals surface area contributed by atoms with Crippen LogP contribution in [0.3, 0.4) is 0 Å². The summed E-state index contributed by atoms with van der Waals surface area (Å²) in [6, 6.07) is 16.3. The van der Waals surface area contributed by atoms with Crippen molar-refractivity contribution in [1.82, 2.24) is 20.0 Å². The minimum atomic E-state index is -0.728. The first-order valence-corrected chi connectivity index (χ1v) is 13.0. The number of aromatic nitrogens is 2. The number of hydrogen-bond donors (Lipinski definition) is 1. The molecular weight excluding hydrogens is 479 g/mol. The van der Waals surface area contributed by atoms with E-state index in [9.17, 15) is 14.0 Å². The third-order valence-corrected chi connectivity index (χ3v) is 7.34. The fraction of sp³-hybridized carbons (Fsp3) is 0.258. The van der Waals surface area contributed by atoms with Crippen LogP contribution in [0.25, 0.3) is 6.08 Å². The van der Waals surface area contributed by atoms with Crippen LogP contribution in [-0.4, -0.2) is 45.6 Å². The molecule has 7 heteroatoms. The Bertz CT molecular complexity index is 1480. The molecule has 1 fully saturated rings. The van der Waals surface area contributed by atoms with E-state index in [0.29, 0.717) is 42.8 Å². The normalized spacial score (nSPS) is 19.1. The second-order valence-corrected chi connectivity index (χ2v) is 10.2. The highest BCUT2D eigenvalue weighted by Crippen LogP contribution is 2.33. The summed E-state index contributed by atoms with van der Waals surface area (Å²) in [5.74, 6) is -0.213. The molecule has 1 aliphatic heterocycles. The largest absolute Gasteiger partial charge is 0.322 e. The zero-order valence-corrected chi connectivity index (χ0v) is 21.1. The van der Waals surface area contributed by atoms with Crippen molar-refractivity contribution in [2.24, 2.45) is 0 Å². The number of likely N-dealkylation sites (tertiary alicyclic amines) is 1. The molecule has 38 heavy (non-hydrogen) atoms. The first kappa shape index (κ1) is 24.2. The number of alkyl halides is 1. The van der Waals surface area contributed by atoms with E-state index < -0.39 is 6.17 Å². The maximum absolute atomic E-state index is 13.6. The number of carbonyl (C=O) groups is 2. The molecule has 0 radical (unpaired) electrons. The minimum Gasteiger partial charge on any atom is -0.322 e. The Balaban J connectivity index is 1.13. The number of hydrogen-bond acceptors (Lipinski definition) is 4. The zero-order valence-electron chi connectivity index (χ0n) is 21.1. The van der Waals surface area contributed by atoms with Crippen molar-refractivity contribution in [1.29, 1.82) is 0 Å². The molecule has 3 aromatic rings. The van der Waals surface area contributed by atoms with Crippen molar-refractivity contribution in [2.75, 3.05) is 13.1 Å². The molecule has 2 aliphatic carbocycles. The van der Waals surface area contributed by atoms with E-state index in [0.717, 1.165) is 35.4 Å². The molecule has 6 rings (SSSR count). The van der Waals surface area contributed by atoms with Crippen LogP contribution in [0.4, 0.5) is 4.39 Å². The highest BCUT2D eigenvalue weighted by Gasteiger charge is 2.25. The van der Waals surface area contributed by atoms with Gasteiger partial charge >= 0.3 is 0 Å². The Kier molecular flexibility index (Phi) is 6.60. The van der Waals surface area contributed by atoms with Crippen LogP contribution in [0.2, 0.25) is 0 Å². The lowest BCUT2D eigenvalue weighted by atomic mass is 9.93. The number of rotatable bonds is 7. The average Bonchev–Trinajstić information content (AvgIpc) is 3.65. The maximum Gasteiger partial charge on any atom is 0.258 e. The summed E-state index contributed by atoms with van der Waals surface area (Å²) in [5.41, 5.74) is 7.22. The lowest BCUT2D eigenvalue weighted by molar-refractivity contribution is -0.114. The molecule has 1 atom stereocenters. The fourth-order valence-corrected chi connectivity index (χ4v) is 5.35. The first-order valence-electron chi connectivity index (χ1n) is 13.0. The number of nitrogens with zero attached hydrogens (tertiary/aromatic N) is 3. The summed E-state index contributed by atoms with van der Waals surface area (Å²) in [7, 11) is 0. The van der Waals surface area contributed by atoms with E-state index in [4.69, 9.17) is 0 Å². The lowest BCUT2D eigenvalue weighted by Gasteiger charge is -2.15. The number of halogens is 1. The number of carbonyl (C=O) groups excluding carboxylic acids is 2. The molecule has 1 aromatic heterocycles. The molecule has 0 saturated carbocycles. The van der Waals surface area contributed by atoms with Crippen LogP contribution >= 0.6 is 0 Å². The molecular formula is C31H29FN4O2.